The van der Waals surface area contributed by atoms with E-state index in [0.717, 1.165) is 5.56 Å². The molecule has 1 amide bonds. The SMILES string of the molecule is COc1cc(CNC(=O)CN[C@@H](C)c2ccc(Cl)cc2)ccc1OC(F)F. The summed E-state index contributed by atoms with van der Waals surface area (Å²) >= 11 is 5.86. The zero-order chi connectivity index (χ0) is 19.8. The molecule has 0 aliphatic heterocycles. The van der Waals surface area contributed by atoms with Gasteiger partial charge in [0.1, 0.15) is 0 Å². The highest BCUT2D eigenvalue weighted by Crippen LogP contribution is 2.29. The molecular formula is C19H21ClF2N2O3. The molecule has 0 saturated carbocycles. The number of rotatable bonds is 9. The van der Waals surface area contributed by atoms with Gasteiger partial charge in [0, 0.05) is 17.6 Å². The largest absolute Gasteiger partial charge is 0.493 e. The summed E-state index contributed by atoms with van der Waals surface area (Å²) in [7, 11) is 1.36. The first kappa shape index (κ1) is 20.9. The van der Waals surface area contributed by atoms with E-state index in [9.17, 15) is 13.6 Å². The van der Waals surface area contributed by atoms with Gasteiger partial charge in [-0.25, -0.2) is 0 Å². The van der Waals surface area contributed by atoms with Crippen molar-refractivity contribution in [1.29, 1.82) is 0 Å². The van der Waals surface area contributed by atoms with Gasteiger partial charge in [0.15, 0.2) is 11.5 Å². The highest BCUT2D eigenvalue weighted by molar-refractivity contribution is 6.30. The molecule has 0 aliphatic carbocycles. The molecule has 2 aromatic rings. The molecule has 0 bridgehead atoms. The van der Waals surface area contributed by atoms with Crippen LogP contribution in [-0.4, -0.2) is 26.2 Å². The van der Waals surface area contributed by atoms with Crippen molar-refractivity contribution in [3.05, 3.63) is 58.6 Å². The van der Waals surface area contributed by atoms with Gasteiger partial charge in [-0.2, -0.15) is 8.78 Å². The summed E-state index contributed by atoms with van der Waals surface area (Å²) in [6.45, 7) is -0.615. The van der Waals surface area contributed by atoms with Crippen LogP contribution in [-0.2, 0) is 11.3 Å². The van der Waals surface area contributed by atoms with Crippen LogP contribution < -0.4 is 20.1 Å². The molecule has 0 saturated heterocycles. The Kier molecular flexibility index (Phi) is 7.82. The normalized spacial score (nSPS) is 11.9. The van der Waals surface area contributed by atoms with Crippen LogP contribution in [0.25, 0.3) is 0 Å². The van der Waals surface area contributed by atoms with Gasteiger partial charge in [-0.1, -0.05) is 29.8 Å². The average Bonchev–Trinajstić information content (AvgIpc) is 2.65. The number of amides is 1. The number of benzene rings is 2. The zero-order valence-electron chi connectivity index (χ0n) is 15.0. The maximum atomic E-state index is 12.3. The Hall–Kier alpha value is -2.38. The fraction of sp³-hybridized carbons (Fsp3) is 0.316. The minimum absolute atomic E-state index is 0.0149. The minimum atomic E-state index is -2.93. The van der Waals surface area contributed by atoms with Gasteiger partial charge in [-0.05, 0) is 42.3 Å². The second-order valence-electron chi connectivity index (χ2n) is 5.79. The Balaban J connectivity index is 1.83. The lowest BCUT2D eigenvalue weighted by atomic mass is 10.1. The van der Waals surface area contributed by atoms with E-state index in [1.807, 2.05) is 19.1 Å². The standard InChI is InChI=1S/C19H21ClF2N2O3/c1-12(14-4-6-15(20)7-5-14)23-11-18(25)24-10-13-3-8-16(27-19(21)22)17(9-13)26-2/h3-9,12,19,23H,10-11H2,1-2H3,(H,24,25)/t12-/m0/s1. The summed E-state index contributed by atoms with van der Waals surface area (Å²) in [6, 6.07) is 11.9. The summed E-state index contributed by atoms with van der Waals surface area (Å²) in [5, 5.41) is 6.54. The lowest BCUT2D eigenvalue weighted by molar-refractivity contribution is -0.120. The maximum absolute atomic E-state index is 12.3. The fourth-order valence-electron chi connectivity index (χ4n) is 2.39. The van der Waals surface area contributed by atoms with Gasteiger partial charge >= 0.3 is 6.61 Å². The molecule has 0 unspecified atom stereocenters. The molecule has 2 aromatic carbocycles. The van der Waals surface area contributed by atoms with E-state index in [2.05, 4.69) is 15.4 Å². The van der Waals surface area contributed by atoms with Crippen LogP contribution in [0.5, 0.6) is 11.5 Å². The van der Waals surface area contributed by atoms with Crippen LogP contribution in [0.15, 0.2) is 42.5 Å². The molecule has 1 atom stereocenters. The van der Waals surface area contributed by atoms with Gasteiger partial charge in [0.2, 0.25) is 5.91 Å². The number of halogens is 3. The van der Waals surface area contributed by atoms with Gasteiger partial charge in [0.25, 0.3) is 0 Å². The van der Waals surface area contributed by atoms with E-state index in [4.69, 9.17) is 16.3 Å². The molecule has 8 heteroatoms. The number of alkyl halides is 2. The molecule has 0 aromatic heterocycles. The number of carbonyl (C=O) groups excluding carboxylic acids is 1. The summed E-state index contributed by atoms with van der Waals surface area (Å²) in [5.41, 5.74) is 1.72. The van der Waals surface area contributed by atoms with E-state index in [0.29, 0.717) is 10.6 Å². The summed E-state index contributed by atoms with van der Waals surface area (Å²) in [4.78, 5) is 12.0. The summed E-state index contributed by atoms with van der Waals surface area (Å²) in [5.74, 6) is -0.0692. The van der Waals surface area contributed by atoms with E-state index in [1.54, 1.807) is 24.3 Å². The van der Waals surface area contributed by atoms with Gasteiger partial charge in [-0.15, -0.1) is 0 Å². The lowest BCUT2D eigenvalue weighted by Crippen LogP contribution is -2.34. The molecule has 2 rings (SSSR count). The number of hydrogen-bond acceptors (Lipinski definition) is 4. The van der Waals surface area contributed by atoms with Gasteiger partial charge in [-0.3, -0.25) is 4.79 Å². The van der Waals surface area contributed by atoms with Crippen molar-refractivity contribution in [2.24, 2.45) is 0 Å². The van der Waals surface area contributed by atoms with Crippen LogP contribution in [0.1, 0.15) is 24.1 Å². The van der Waals surface area contributed by atoms with E-state index in [1.165, 1.54) is 13.2 Å². The van der Waals surface area contributed by atoms with Gasteiger partial charge in [0.05, 0.1) is 13.7 Å². The maximum Gasteiger partial charge on any atom is 0.387 e. The number of nitrogens with one attached hydrogen (secondary N) is 2. The van der Waals surface area contributed by atoms with Crippen molar-refractivity contribution in [2.45, 2.75) is 26.1 Å². The van der Waals surface area contributed by atoms with Crippen molar-refractivity contribution in [1.82, 2.24) is 10.6 Å². The molecule has 0 fully saturated rings. The highest BCUT2D eigenvalue weighted by atomic mass is 35.5. The summed E-state index contributed by atoms with van der Waals surface area (Å²) < 4.78 is 34.1. The Labute approximate surface area is 161 Å². The Morgan fingerprint density at radius 1 is 1.15 bits per heavy atom. The van der Waals surface area contributed by atoms with Crippen molar-refractivity contribution >= 4 is 17.5 Å². The molecule has 2 N–H and O–H groups in total. The van der Waals surface area contributed by atoms with Crippen LogP contribution in [0, 0.1) is 0 Å². The third-order valence-electron chi connectivity index (χ3n) is 3.87. The molecule has 27 heavy (non-hydrogen) atoms. The van der Waals surface area contributed by atoms with Gasteiger partial charge < -0.3 is 20.1 Å². The molecule has 5 nitrogen and oxygen atoms in total. The Morgan fingerprint density at radius 2 is 1.85 bits per heavy atom. The predicted octanol–water partition coefficient (Wildman–Crippen LogP) is 3.92. The van der Waals surface area contributed by atoms with E-state index >= 15 is 0 Å². The predicted molar refractivity (Wildman–Crippen MR) is 99.3 cm³/mol. The average molecular weight is 399 g/mol. The van der Waals surface area contributed by atoms with Crippen molar-refractivity contribution < 1.29 is 23.0 Å². The first-order chi connectivity index (χ1) is 12.9. The first-order valence-electron chi connectivity index (χ1n) is 8.26. The second kappa shape index (κ2) is 10.1. The van der Waals surface area contributed by atoms with Crippen LogP contribution in [0.3, 0.4) is 0 Å². The zero-order valence-corrected chi connectivity index (χ0v) is 15.7. The third-order valence-corrected chi connectivity index (χ3v) is 4.12. The second-order valence-corrected chi connectivity index (χ2v) is 6.23. The quantitative estimate of drug-likeness (QED) is 0.672. The third kappa shape index (κ3) is 6.69. The number of carbonyl (C=O) groups is 1. The number of methoxy groups -OCH3 is 1. The smallest absolute Gasteiger partial charge is 0.387 e. The lowest BCUT2D eigenvalue weighted by Gasteiger charge is -2.15. The number of hydrogen-bond donors (Lipinski definition) is 2. The topological polar surface area (TPSA) is 59.6 Å². The molecule has 0 aliphatic rings. The number of ether oxygens (including phenoxy) is 2. The highest BCUT2D eigenvalue weighted by Gasteiger charge is 2.12. The monoisotopic (exact) mass is 398 g/mol. The van der Waals surface area contributed by atoms with E-state index < -0.39 is 6.61 Å². The molecule has 0 heterocycles. The molecule has 0 spiro atoms. The Morgan fingerprint density at radius 3 is 2.48 bits per heavy atom. The summed E-state index contributed by atoms with van der Waals surface area (Å²) in [6.07, 6.45) is 0. The van der Waals surface area contributed by atoms with Crippen molar-refractivity contribution in [3.8, 4) is 11.5 Å². The molecule has 146 valence electrons. The molecular weight excluding hydrogens is 378 g/mol. The van der Waals surface area contributed by atoms with Crippen molar-refractivity contribution in [3.63, 3.8) is 0 Å². The van der Waals surface area contributed by atoms with Crippen molar-refractivity contribution in [2.75, 3.05) is 13.7 Å². The molecule has 0 radical (unpaired) electrons. The van der Waals surface area contributed by atoms with Crippen LogP contribution in [0.2, 0.25) is 5.02 Å². The Bertz CT molecular complexity index is 757. The van der Waals surface area contributed by atoms with Crippen LogP contribution in [0.4, 0.5) is 8.78 Å². The van der Waals surface area contributed by atoms with E-state index in [-0.39, 0.29) is 36.5 Å². The minimum Gasteiger partial charge on any atom is -0.493 e. The van der Waals surface area contributed by atoms with Crippen LogP contribution >= 0.6 is 11.6 Å². The fourth-order valence-corrected chi connectivity index (χ4v) is 2.52. The first-order valence-corrected chi connectivity index (χ1v) is 8.64.